The van der Waals surface area contributed by atoms with Crippen molar-refractivity contribution in [3.05, 3.63) is 34.9 Å². The topological polar surface area (TPSA) is 119 Å². The Balaban J connectivity index is 1.65. The van der Waals surface area contributed by atoms with Gasteiger partial charge in [-0.2, -0.15) is 0 Å². The molecule has 0 saturated carbocycles. The van der Waals surface area contributed by atoms with E-state index >= 15 is 0 Å². The molecule has 0 bridgehead atoms. The summed E-state index contributed by atoms with van der Waals surface area (Å²) in [5.74, 6) is 0.333. The van der Waals surface area contributed by atoms with E-state index in [1.165, 1.54) is 7.11 Å². The van der Waals surface area contributed by atoms with Crippen molar-refractivity contribution in [1.82, 2.24) is 20.4 Å². The molecule has 12 heteroatoms. The fourth-order valence-electron chi connectivity index (χ4n) is 5.60. The van der Waals surface area contributed by atoms with Crippen molar-refractivity contribution < 1.29 is 33.3 Å². The minimum atomic E-state index is -0.618. The average Bonchev–Trinajstić information content (AvgIpc) is 2.98. The first kappa shape index (κ1) is 34.7. The number of likely N-dealkylation sites (tertiary alicyclic amines) is 1. The van der Waals surface area contributed by atoms with Crippen molar-refractivity contribution in [2.45, 2.75) is 70.6 Å². The summed E-state index contributed by atoms with van der Waals surface area (Å²) >= 11 is 6.30. The highest BCUT2D eigenvalue weighted by molar-refractivity contribution is 6.30. The van der Waals surface area contributed by atoms with Crippen LogP contribution in [-0.2, 0) is 18.9 Å². The summed E-state index contributed by atoms with van der Waals surface area (Å²) in [5, 5.41) is 6.33. The number of nitrogens with zero attached hydrogens (tertiary/aromatic N) is 2. The first-order valence-corrected chi connectivity index (χ1v) is 15.6. The van der Waals surface area contributed by atoms with Gasteiger partial charge in [0.1, 0.15) is 5.60 Å². The summed E-state index contributed by atoms with van der Waals surface area (Å²) in [6, 6.07) is 7.12. The van der Waals surface area contributed by atoms with E-state index in [2.05, 4.69) is 15.4 Å². The standard InChI is InChI=1S/C31H49ClN4O7/c1-31(2,3)43-30(39)35(4)26(17-22-9-8-15-41-21-22)19-34-28(37)36-14-7-11-24(20-36)27(23-10-6-12-25(32)18-23)42-16-13-33-29(38)40-5/h6,10,12,18,22,24,26-27H,7-9,11,13-17,19-21H2,1-5H3,(H,33,38)(H,34,37). The van der Waals surface area contributed by atoms with Gasteiger partial charge in [-0.25, -0.2) is 14.4 Å². The van der Waals surface area contributed by atoms with Gasteiger partial charge in [-0.1, -0.05) is 23.7 Å². The monoisotopic (exact) mass is 624 g/mol. The molecule has 0 spiro atoms. The molecule has 0 aliphatic carbocycles. The number of rotatable bonds is 11. The quantitative estimate of drug-likeness (QED) is 0.324. The van der Waals surface area contributed by atoms with Crippen LogP contribution in [0.15, 0.2) is 24.3 Å². The highest BCUT2D eigenvalue weighted by Gasteiger charge is 2.33. The minimum Gasteiger partial charge on any atom is -0.453 e. The van der Waals surface area contributed by atoms with Gasteiger partial charge in [0.05, 0.1) is 25.9 Å². The van der Waals surface area contributed by atoms with E-state index in [-0.39, 0.29) is 30.7 Å². The van der Waals surface area contributed by atoms with Crippen molar-refractivity contribution >= 4 is 29.8 Å². The van der Waals surface area contributed by atoms with Gasteiger partial charge in [0.15, 0.2) is 0 Å². The third-order valence-electron chi connectivity index (χ3n) is 7.78. The Morgan fingerprint density at radius 2 is 1.98 bits per heavy atom. The van der Waals surface area contributed by atoms with Gasteiger partial charge in [-0.15, -0.1) is 0 Å². The largest absolute Gasteiger partial charge is 0.453 e. The number of likely N-dealkylation sites (N-methyl/N-ethyl adjacent to an activating group) is 1. The number of piperidine rings is 1. The summed E-state index contributed by atoms with van der Waals surface area (Å²) in [6.45, 7) is 8.93. The predicted molar refractivity (Wildman–Crippen MR) is 164 cm³/mol. The molecule has 1 aromatic rings. The first-order valence-electron chi connectivity index (χ1n) is 15.2. The maximum Gasteiger partial charge on any atom is 0.410 e. The predicted octanol–water partition coefficient (Wildman–Crippen LogP) is 5.23. The van der Waals surface area contributed by atoms with Crippen LogP contribution in [-0.4, -0.2) is 99.8 Å². The van der Waals surface area contributed by atoms with Crippen LogP contribution in [0.2, 0.25) is 5.02 Å². The van der Waals surface area contributed by atoms with E-state index in [1.54, 1.807) is 11.9 Å². The number of amides is 4. The molecule has 4 amide bonds. The lowest BCUT2D eigenvalue weighted by Crippen LogP contribution is -2.52. The van der Waals surface area contributed by atoms with Gasteiger partial charge in [-0.3, -0.25) is 0 Å². The molecular formula is C31H49ClN4O7. The van der Waals surface area contributed by atoms with E-state index < -0.39 is 17.8 Å². The summed E-state index contributed by atoms with van der Waals surface area (Å²) in [7, 11) is 3.04. The van der Waals surface area contributed by atoms with Crippen molar-refractivity contribution in [2.75, 3.05) is 60.2 Å². The van der Waals surface area contributed by atoms with Crippen LogP contribution < -0.4 is 10.6 Å². The van der Waals surface area contributed by atoms with Crippen LogP contribution in [0.3, 0.4) is 0 Å². The molecule has 3 rings (SSSR count). The van der Waals surface area contributed by atoms with Crippen LogP contribution in [0.5, 0.6) is 0 Å². The van der Waals surface area contributed by atoms with Crippen LogP contribution in [0, 0.1) is 11.8 Å². The normalized spacial score (nSPS) is 20.5. The zero-order chi connectivity index (χ0) is 31.4. The van der Waals surface area contributed by atoms with E-state index in [0.717, 1.165) is 37.9 Å². The Kier molecular flexibility index (Phi) is 13.7. The van der Waals surface area contributed by atoms with Gasteiger partial charge < -0.3 is 39.4 Å². The zero-order valence-electron chi connectivity index (χ0n) is 26.2. The fraction of sp³-hybridized carbons (Fsp3) is 0.710. The number of carbonyl (C=O) groups is 3. The SMILES string of the molecule is COC(=O)NCCOC(c1cccc(Cl)c1)C1CCCN(C(=O)NCC(CC2CCCOC2)N(C)C(=O)OC(C)(C)C)C1. The van der Waals surface area contributed by atoms with Gasteiger partial charge in [0, 0.05) is 57.4 Å². The number of alkyl carbamates (subject to hydrolysis) is 1. The van der Waals surface area contributed by atoms with E-state index in [1.807, 2.05) is 49.9 Å². The van der Waals surface area contributed by atoms with E-state index in [9.17, 15) is 14.4 Å². The maximum atomic E-state index is 13.5. The number of methoxy groups -OCH3 is 1. The second-order valence-corrected chi connectivity index (χ2v) is 12.8. The molecule has 4 atom stereocenters. The summed E-state index contributed by atoms with van der Waals surface area (Å²) in [4.78, 5) is 41.3. The van der Waals surface area contributed by atoms with Gasteiger partial charge in [0.25, 0.3) is 0 Å². The number of carbonyl (C=O) groups excluding carboxylic acids is 3. The first-order chi connectivity index (χ1) is 20.5. The Morgan fingerprint density at radius 1 is 1.19 bits per heavy atom. The second-order valence-electron chi connectivity index (χ2n) is 12.4. The summed E-state index contributed by atoms with van der Waals surface area (Å²) < 4.78 is 22.2. The summed E-state index contributed by atoms with van der Waals surface area (Å²) in [6.07, 6.45) is 3.18. The molecule has 0 aromatic heterocycles. The number of benzene rings is 1. The zero-order valence-corrected chi connectivity index (χ0v) is 27.0. The Hall–Kier alpha value is -2.76. The molecule has 2 heterocycles. The fourth-order valence-corrected chi connectivity index (χ4v) is 5.80. The molecule has 1 aromatic carbocycles. The van der Waals surface area contributed by atoms with Crippen LogP contribution in [0.4, 0.5) is 14.4 Å². The molecular weight excluding hydrogens is 576 g/mol. The van der Waals surface area contributed by atoms with E-state index in [4.69, 9.17) is 25.8 Å². The third-order valence-corrected chi connectivity index (χ3v) is 8.02. The molecule has 242 valence electrons. The van der Waals surface area contributed by atoms with Gasteiger partial charge in [-0.05, 0) is 76.5 Å². The Bertz CT molecular complexity index is 1050. The second kappa shape index (κ2) is 16.9. The molecule has 2 N–H and O–H groups in total. The van der Waals surface area contributed by atoms with Crippen LogP contribution in [0.25, 0.3) is 0 Å². The van der Waals surface area contributed by atoms with Crippen molar-refractivity contribution in [2.24, 2.45) is 11.8 Å². The molecule has 2 saturated heterocycles. The molecule has 4 unspecified atom stereocenters. The average molecular weight is 625 g/mol. The lowest BCUT2D eigenvalue weighted by atomic mass is 9.88. The van der Waals surface area contributed by atoms with Crippen molar-refractivity contribution in [3.63, 3.8) is 0 Å². The maximum absolute atomic E-state index is 13.5. The number of hydrogen-bond donors (Lipinski definition) is 2. The third kappa shape index (κ3) is 11.7. The Labute approximate surface area is 260 Å². The lowest BCUT2D eigenvalue weighted by Gasteiger charge is -2.38. The lowest BCUT2D eigenvalue weighted by molar-refractivity contribution is -0.00878. The molecule has 11 nitrogen and oxygen atoms in total. The molecule has 43 heavy (non-hydrogen) atoms. The number of urea groups is 1. The smallest absolute Gasteiger partial charge is 0.410 e. The molecule has 2 aliphatic rings. The highest BCUT2D eigenvalue weighted by Crippen LogP contribution is 2.34. The van der Waals surface area contributed by atoms with Crippen molar-refractivity contribution in [1.29, 1.82) is 0 Å². The highest BCUT2D eigenvalue weighted by atomic mass is 35.5. The number of ether oxygens (including phenoxy) is 4. The number of hydrogen-bond acceptors (Lipinski definition) is 7. The molecule has 2 aliphatic heterocycles. The summed E-state index contributed by atoms with van der Waals surface area (Å²) in [5.41, 5.74) is 0.305. The Morgan fingerprint density at radius 3 is 2.65 bits per heavy atom. The van der Waals surface area contributed by atoms with E-state index in [0.29, 0.717) is 50.1 Å². The van der Waals surface area contributed by atoms with Crippen molar-refractivity contribution in [3.8, 4) is 0 Å². The van der Waals surface area contributed by atoms with Crippen LogP contribution in [0.1, 0.15) is 64.5 Å². The van der Waals surface area contributed by atoms with Gasteiger partial charge >= 0.3 is 18.2 Å². The molecule has 2 fully saturated rings. The number of nitrogens with one attached hydrogen (secondary N) is 2. The molecule has 0 radical (unpaired) electrons. The van der Waals surface area contributed by atoms with Crippen LogP contribution >= 0.6 is 11.6 Å². The van der Waals surface area contributed by atoms with Gasteiger partial charge in [0.2, 0.25) is 0 Å². The number of halogens is 1. The minimum absolute atomic E-state index is 0.0238.